The standard InChI is InChI=1S/C13H18N4OS2/c14-12(19)10-1-2-11(16-9-10)13(18)15-3-4-17-5-7-20-8-6-17/h1-2,9H,3-8H2,(H2,14,19)(H,15,18). The first-order valence-corrected chi connectivity index (χ1v) is 8.07. The molecule has 0 saturated carbocycles. The van der Waals surface area contributed by atoms with Gasteiger partial charge in [-0.3, -0.25) is 14.7 Å². The zero-order valence-corrected chi connectivity index (χ0v) is 12.8. The summed E-state index contributed by atoms with van der Waals surface area (Å²) in [4.78, 5) is 18.6. The molecule has 1 aliphatic heterocycles. The first-order valence-electron chi connectivity index (χ1n) is 6.51. The minimum absolute atomic E-state index is 0.161. The van der Waals surface area contributed by atoms with Gasteiger partial charge in [0.25, 0.3) is 5.91 Å². The third-order valence-corrected chi connectivity index (χ3v) is 4.28. The molecule has 0 aliphatic carbocycles. The summed E-state index contributed by atoms with van der Waals surface area (Å²) in [5, 5.41) is 2.88. The maximum absolute atomic E-state index is 11.9. The number of carbonyl (C=O) groups is 1. The van der Waals surface area contributed by atoms with Crippen molar-refractivity contribution in [1.29, 1.82) is 0 Å². The molecule has 3 N–H and O–H groups in total. The van der Waals surface area contributed by atoms with E-state index in [-0.39, 0.29) is 10.9 Å². The van der Waals surface area contributed by atoms with Crippen LogP contribution in [-0.2, 0) is 0 Å². The van der Waals surface area contributed by atoms with E-state index in [2.05, 4.69) is 15.2 Å². The molecule has 1 aromatic heterocycles. The summed E-state index contributed by atoms with van der Waals surface area (Å²) in [7, 11) is 0. The summed E-state index contributed by atoms with van der Waals surface area (Å²) in [6, 6.07) is 3.35. The lowest BCUT2D eigenvalue weighted by molar-refractivity contribution is 0.0944. The monoisotopic (exact) mass is 310 g/mol. The number of hydrogen-bond acceptors (Lipinski definition) is 5. The van der Waals surface area contributed by atoms with Crippen molar-refractivity contribution in [3.05, 3.63) is 29.6 Å². The van der Waals surface area contributed by atoms with Crippen LogP contribution in [0.25, 0.3) is 0 Å². The van der Waals surface area contributed by atoms with Crippen LogP contribution in [0.1, 0.15) is 16.1 Å². The topological polar surface area (TPSA) is 71.2 Å². The molecule has 1 fully saturated rings. The normalized spacial score (nSPS) is 15.8. The van der Waals surface area contributed by atoms with Crippen molar-refractivity contribution in [2.45, 2.75) is 0 Å². The summed E-state index contributed by atoms with van der Waals surface area (Å²) >= 11 is 6.82. The van der Waals surface area contributed by atoms with Crippen molar-refractivity contribution in [3.63, 3.8) is 0 Å². The van der Waals surface area contributed by atoms with E-state index in [1.54, 1.807) is 12.1 Å². The summed E-state index contributed by atoms with van der Waals surface area (Å²) in [6.07, 6.45) is 1.53. The first kappa shape index (κ1) is 15.2. The zero-order chi connectivity index (χ0) is 14.4. The van der Waals surface area contributed by atoms with E-state index in [4.69, 9.17) is 18.0 Å². The predicted octanol–water partition coefficient (Wildman–Crippen LogP) is 0.494. The summed E-state index contributed by atoms with van der Waals surface area (Å²) in [5.41, 5.74) is 6.54. The van der Waals surface area contributed by atoms with E-state index in [1.807, 2.05) is 11.8 Å². The molecule has 0 aromatic carbocycles. The van der Waals surface area contributed by atoms with Gasteiger partial charge < -0.3 is 11.1 Å². The minimum Gasteiger partial charge on any atom is -0.389 e. The van der Waals surface area contributed by atoms with Gasteiger partial charge in [0.15, 0.2) is 0 Å². The van der Waals surface area contributed by atoms with Gasteiger partial charge in [0.05, 0.1) is 0 Å². The highest BCUT2D eigenvalue weighted by Crippen LogP contribution is 2.08. The number of nitrogens with one attached hydrogen (secondary N) is 1. The highest BCUT2D eigenvalue weighted by molar-refractivity contribution is 7.99. The molecule has 2 heterocycles. The number of nitrogens with two attached hydrogens (primary N) is 1. The van der Waals surface area contributed by atoms with Crippen molar-refractivity contribution in [2.75, 3.05) is 37.7 Å². The predicted molar refractivity (Wildman–Crippen MR) is 86.2 cm³/mol. The van der Waals surface area contributed by atoms with E-state index in [0.29, 0.717) is 17.8 Å². The Labute approximate surface area is 128 Å². The summed E-state index contributed by atoms with van der Waals surface area (Å²) in [6.45, 7) is 3.72. The molecule has 0 spiro atoms. The number of pyridine rings is 1. The Morgan fingerprint density at radius 1 is 1.45 bits per heavy atom. The van der Waals surface area contributed by atoms with E-state index in [9.17, 15) is 4.79 Å². The molecule has 0 bridgehead atoms. The van der Waals surface area contributed by atoms with Gasteiger partial charge in [-0.1, -0.05) is 12.2 Å². The number of amides is 1. The van der Waals surface area contributed by atoms with Crippen LogP contribution in [0.4, 0.5) is 0 Å². The summed E-state index contributed by atoms with van der Waals surface area (Å²) in [5.74, 6) is 2.19. The van der Waals surface area contributed by atoms with Gasteiger partial charge in [-0.25, -0.2) is 0 Å². The van der Waals surface area contributed by atoms with Crippen molar-refractivity contribution in [2.24, 2.45) is 5.73 Å². The second-order valence-electron chi connectivity index (χ2n) is 4.51. The number of hydrogen-bond donors (Lipinski definition) is 2. The Morgan fingerprint density at radius 3 is 2.80 bits per heavy atom. The van der Waals surface area contributed by atoms with Crippen LogP contribution in [0.2, 0.25) is 0 Å². The molecule has 7 heteroatoms. The largest absolute Gasteiger partial charge is 0.389 e. The van der Waals surface area contributed by atoms with Crippen LogP contribution in [-0.4, -0.2) is 58.5 Å². The number of rotatable bonds is 5. The van der Waals surface area contributed by atoms with Crippen molar-refractivity contribution < 1.29 is 4.79 Å². The molecule has 108 valence electrons. The average Bonchev–Trinajstić information content (AvgIpc) is 2.48. The first-order chi connectivity index (χ1) is 9.66. The molecule has 1 aliphatic rings. The van der Waals surface area contributed by atoms with Crippen LogP contribution >= 0.6 is 24.0 Å². The van der Waals surface area contributed by atoms with Gasteiger partial charge in [0.1, 0.15) is 10.7 Å². The molecule has 20 heavy (non-hydrogen) atoms. The highest BCUT2D eigenvalue weighted by atomic mass is 32.2. The van der Waals surface area contributed by atoms with E-state index in [1.165, 1.54) is 17.7 Å². The average molecular weight is 310 g/mol. The van der Waals surface area contributed by atoms with Gasteiger partial charge in [0.2, 0.25) is 0 Å². The van der Waals surface area contributed by atoms with Crippen LogP contribution in [0, 0.1) is 0 Å². The Balaban J connectivity index is 1.77. The molecular weight excluding hydrogens is 292 g/mol. The van der Waals surface area contributed by atoms with Gasteiger partial charge in [-0.15, -0.1) is 0 Å². The van der Waals surface area contributed by atoms with Gasteiger partial charge in [0, 0.05) is 49.4 Å². The Morgan fingerprint density at radius 2 is 2.20 bits per heavy atom. The van der Waals surface area contributed by atoms with Crippen molar-refractivity contribution >= 4 is 34.9 Å². The Kier molecular flexibility index (Phi) is 5.75. The molecule has 1 saturated heterocycles. The van der Waals surface area contributed by atoms with Gasteiger partial charge in [-0.2, -0.15) is 11.8 Å². The Bertz CT molecular complexity index is 472. The number of nitrogens with zero attached hydrogens (tertiary/aromatic N) is 2. The van der Waals surface area contributed by atoms with E-state index in [0.717, 1.165) is 19.6 Å². The smallest absolute Gasteiger partial charge is 0.269 e. The van der Waals surface area contributed by atoms with Crippen molar-refractivity contribution in [3.8, 4) is 0 Å². The molecular formula is C13H18N4OS2. The quantitative estimate of drug-likeness (QED) is 0.772. The third kappa shape index (κ3) is 4.43. The lowest BCUT2D eigenvalue weighted by Crippen LogP contribution is -2.39. The Hall–Kier alpha value is -1.18. The summed E-state index contributed by atoms with van der Waals surface area (Å²) < 4.78 is 0. The molecule has 2 rings (SSSR count). The lowest BCUT2D eigenvalue weighted by atomic mass is 10.2. The van der Waals surface area contributed by atoms with Crippen LogP contribution < -0.4 is 11.1 Å². The fraction of sp³-hybridized carbons (Fsp3) is 0.462. The van der Waals surface area contributed by atoms with Crippen molar-refractivity contribution in [1.82, 2.24) is 15.2 Å². The SMILES string of the molecule is NC(=S)c1ccc(C(=O)NCCN2CCSCC2)nc1. The molecule has 5 nitrogen and oxygen atoms in total. The number of thioether (sulfide) groups is 1. The second-order valence-corrected chi connectivity index (χ2v) is 6.17. The zero-order valence-electron chi connectivity index (χ0n) is 11.2. The lowest BCUT2D eigenvalue weighted by Gasteiger charge is -2.25. The molecule has 1 amide bonds. The van der Waals surface area contributed by atoms with Crippen LogP contribution in [0.5, 0.6) is 0 Å². The second kappa shape index (κ2) is 7.56. The number of thiocarbonyl (C=S) groups is 1. The van der Waals surface area contributed by atoms with E-state index >= 15 is 0 Å². The molecule has 1 aromatic rings. The third-order valence-electron chi connectivity index (χ3n) is 3.10. The molecule has 0 unspecified atom stereocenters. The number of aromatic nitrogens is 1. The fourth-order valence-corrected chi connectivity index (χ4v) is 3.02. The molecule has 0 atom stereocenters. The minimum atomic E-state index is -0.161. The van der Waals surface area contributed by atoms with Gasteiger partial charge >= 0.3 is 0 Å². The van der Waals surface area contributed by atoms with Crippen LogP contribution in [0.15, 0.2) is 18.3 Å². The maximum Gasteiger partial charge on any atom is 0.269 e. The fourth-order valence-electron chi connectivity index (χ4n) is 1.92. The van der Waals surface area contributed by atoms with E-state index < -0.39 is 0 Å². The maximum atomic E-state index is 11.9. The highest BCUT2D eigenvalue weighted by Gasteiger charge is 2.11. The number of carbonyl (C=O) groups excluding carboxylic acids is 1. The molecule has 0 radical (unpaired) electrons. The van der Waals surface area contributed by atoms with Crippen LogP contribution in [0.3, 0.4) is 0 Å². The van der Waals surface area contributed by atoms with Gasteiger partial charge in [-0.05, 0) is 12.1 Å².